The van der Waals surface area contributed by atoms with Crippen molar-refractivity contribution in [3.63, 3.8) is 0 Å². The van der Waals surface area contributed by atoms with Crippen molar-refractivity contribution in [3.05, 3.63) is 29.5 Å². The van der Waals surface area contributed by atoms with Gasteiger partial charge in [-0.25, -0.2) is 0 Å². The minimum Gasteiger partial charge on any atom is -0.497 e. The fourth-order valence-electron chi connectivity index (χ4n) is 5.17. The van der Waals surface area contributed by atoms with Crippen molar-refractivity contribution in [1.82, 2.24) is 15.5 Å². The highest BCUT2D eigenvalue weighted by atomic mass is 16.5. The summed E-state index contributed by atoms with van der Waals surface area (Å²) in [6, 6.07) is 5.77. The van der Waals surface area contributed by atoms with Crippen LogP contribution >= 0.6 is 0 Å². The molecule has 2 saturated carbocycles. The molecule has 4 atom stereocenters. The number of amides is 1. The molecule has 2 fully saturated rings. The Labute approximate surface area is 166 Å². The molecule has 0 unspecified atom stereocenters. The lowest BCUT2D eigenvalue weighted by Gasteiger charge is -2.28. The van der Waals surface area contributed by atoms with Crippen molar-refractivity contribution in [1.29, 1.82) is 0 Å². The lowest BCUT2D eigenvalue weighted by Crippen LogP contribution is -2.40. The maximum Gasteiger partial charge on any atom is 0.269 e. The molecule has 2 aliphatic rings. The summed E-state index contributed by atoms with van der Waals surface area (Å²) in [5, 5.41) is 10.6. The van der Waals surface area contributed by atoms with Crippen molar-refractivity contribution >= 4 is 5.91 Å². The van der Waals surface area contributed by atoms with Crippen LogP contribution in [0.2, 0.25) is 0 Å². The number of methoxy groups -OCH3 is 2. The Morgan fingerprint density at radius 2 is 2.07 bits per heavy atom. The van der Waals surface area contributed by atoms with Crippen molar-refractivity contribution < 1.29 is 14.3 Å². The first kappa shape index (κ1) is 18.8. The molecule has 2 N–H and O–H groups in total. The van der Waals surface area contributed by atoms with Crippen LogP contribution in [0.25, 0.3) is 11.3 Å². The smallest absolute Gasteiger partial charge is 0.269 e. The Hall–Kier alpha value is -2.50. The fourth-order valence-corrected chi connectivity index (χ4v) is 5.17. The minimum atomic E-state index is -0.0843. The Balaban J connectivity index is 1.52. The van der Waals surface area contributed by atoms with E-state index in [9.17, 15) is 4.79 Å². The first-order chi connectivity index (χ1) is 13.5. The number of carbonyl (C=O) groups excluding carboxylic acids is 1. The topological polar surface area (TPSA) is 76.2 Å². The molecule has 28 heavy (non-hydrogen) atoms. The van der Waals surface area contributed by atoms with E-state index in [1.165, 1.54) is 25.7 Å². The highest BCUT2D eigenvalue weighted by molar-refractivity contribution is 5.95. The van der Waals surface area contributed by atoms with Gasteiger partial charge in [0.15, 0.2) is 0 Å². The van der Waals surface area contributed by atoms with Gasteiger partial charge >= 0.3 is 0 Å². The second kappa shape index (κ2) is 7.49. The summed E-state index contributed by atoms with van der Waals surface area (Å²) >= 11 is 0. The first-order valence-electron chi connectivity index (χ1n) is 10.1. The third kappa shape index (κ3) is 3.25. The predicted octanol–water partition coefficient (Wildman–Crippen LogP) is 3.96. The van der Waals surface area contributed by atoms with Gasteiger partial charge in [0.05, 0.1) is 19.9 Å². The average molecular weight is 383 g/mol. The number of benzene rings is 1. The summed E-state index contributed by atoms with van der Waals surface area (Å²) in [4.78, 5) is 12.9. The van der Waals surface area contributed by atoms with Crippen LogP contribution in [0.15, 0.2) is 18.2 Å². The highest BCUT2D eigenvalue weighted by Gasteiger charge is 2.42. The van der Waals surface area contributed by atoms with Crippen LogP contribution in [0.4, 0.5) is 0 Å². The second-order valence-corrected chi connectivity index (χ2v) is 8.24. The van der Waals surface area contributed by atoms with Crippen LogP contribution in [0.1, 0.15) is 48.7 Å². The lowest BCUT2D eigenvalue weighted by molar-refractivity contribution is 0.0909. The van der Waals surface area contributed by atoms with Crippen LogP contribution in [-0.2, 0) is 0 Å². The van der Waals surface area contributed by atoms with Crippen molar-refractivity contribution in [3.8, 4) is 22.8 Å². The zero-order valence-electron chi connectivity index (χ0n) is 17.0. The Morgan fingerprint density at radius 1 is 1.25 bits per heavy atom. The van der Waals surface area contributed by atoms with Gasteiger partial charge in [-0.3, -0.25) is 9.89 Å². The quantitative estimate of drug-likeness (QED) is 0.792. The summed E-state index contributed by atoms with van der Waals surface area (Å²) in [5.41, 5.74) is 2.89. The van der Waals surface area contributed by atoms with Gasteiger partial charge in [0.1, 0.15) is 17.2 Å². The molecule has 0 saturated heterocycles. The largest absolute Gasteiger partial charge is 0.497 e. The van der Waals surface area contributed by atoms with Gasteiger partial charge in [0.2, 0.25) is 0 Å². The van der Waals surface area contributed by atoms with Crippen molar-refractivity contribution in [2.45, 2.75) is 45.6 Å². The molecule has 1 aromatic heterocycles. The Bertz CT molecular complexity index is 876. The van der Waals surface area contributed by atoms with Crippen LogP contribution in [0, 0.1) is 24.7 Å². The third-order valence-corrected chi connectivity index (χ3v) is 6.69. The van der Waals surface area contributed by atoms with Gasteiger partial charge in [0, 0.05) is 23.2 Å². The SMILES string of the molecule is COc1ccc(-c2n[nH]c(C(=O)N[C@@H](C)[C@H]3C[C@H]4CC[C@H]3C4)c2C)c(OC)c1. The number of H-pyrrole nitrogens is 1. The van der Waals surface area contributed by atoms with E-state index in [2.05, 4.69) is 22.4 Å². The molecule has 6 nitrogen and oxygen atoms in total. The van der Waals surface area contributed by atoms with Crippen LogP contribution in [0.5, 0.6) is 11.5 Å². The number of aromatic amines is 1. The number of fused-ring (bicyclic) bond motifs is 2. The summed E-state index contributed by atoms with van der Waals surface area (Å²) in [6.07, 6.45) is 5.28. The fraction of sp³-hybridized carbons (Fsp3) is 0.545. The van der Waals surface area contributed by atoms with E-state index in [0.29, 0.717) is 23.1 Å². The molecule has 1 heterocycles. The number of hydrogen-bond donors (Lipinski definition) is 2. The maximum absolute atomic E-state index is 12.9. The number of rotatable bonds is 6. The molecule has 4 rings (SSSR count). The summed E-state index contributed by atoms with van der Waals surface area (Å²) in [6.45, 7) is 4.06. The Morgan fingerprint density at radius 3 is 2.71 bits per heavy atom. The zero-order chi connectivity index (χ0) is 19.8. The average Bonchev–Trinajstić information content (AvgIpc) is 3.43. The van der Waals surface area contributed by atoms with E-state index in [1.807, 2.05) is 25.1 Å². The molecule has 1 amide bonds. The zero-order valence-corrected chi connectivity index (χ0v) is 17.0. The van der Waals surface area contributed by atoms with Crippen LogP contribution in [0.3, 0.4) is 0 Å². The maximum atomic E-state index is 12.9. The third-order valence-electron chi connectivity index (χ3n) is 6.69. The summed E-state index contributed by atoms with van der Waals surface area (Å²) in [7, 11) is 3.24. The molecule has 150 valence electrons. The molecule has 1 aromatic carbocycles. The molecule has 6 heteroatoms. The molecule has 0 spiro atoms. The van der Waals surface area contributed by atoms with Crippen molar-refractivity contribution in [2.75, 3.05) is 14.2 Å². The molecule has 2 aromatic rings. The monoisotopic (exact) mass is 383 g/mol. The lowest BCUT2D eigenvalue weighted by atomic mass is 9.84. The van der Waals surface area contributed by atoms with E-state index in [-0.39, 0.29) is 11.9 Å². The number of ether oxygens (including phenoxy) is 2. The van der Waals surface area contributed by atoms with Gasteiger partial charge < -0.3 is 14.8 Å². The number of carbonyl (C=O) groups is 1. The summed E-state index contributed by atoms with van der Waals surface area (Å²) in [5.74, 6) is 3.55. The van der Waals surface area contributed by atoms with E-state index in [4.69, 9.17) is 9.47 Å². The van der Waals surface area contributed by atoms with E-state index in [0.717, 1.165) is 28.7 Å². The normalized spacial score (nSPS) is 24.2. The molecular formula is C22H29N3O3. The molecule has 2 bridgehead atoms. The summed E-state index contributed by atoms with van der Waals surface area (Å²) < 4.78 is 10.8. The van der Waals surface area contributed by atoms with Crippen LogP contribution in [-0.4, -0.2) is 36.4 Å². The highest BCUT2D eigenvalue weighted by Crippen LogP contribution is 2.49. The molecule has 0 radical (unpaired) electrons. The van der Waals surface area contributed by atoms with Gasteiger partial charge in [-0.2, -0.15) is 5.10 Å². The first-order valence-corrected chi connectivity index (χ1v) is 10.1. The minimum absolute atomic E-state index is 0.0843. The molecular weight excluding hydrogens is 354 g/mol. The molecule has 0 aliphatic heterocycles. The predicted molar refractivity (Wildman–Crippen MR) is 108 cm³/mol. The van der Waals surface area contributed by atoms with Crippen molar-refractivity contribution in [2.24, 2.45) is 17.8 Å². The van der Waals surface area contributed by atoms with Gasteiger partial charge in [-0.1, -0.05) is 6.42 Å². The number of nitrogens with zero attached hydrogens (tertiary/aromatic N) is 1. The second-order valence-electron chi connectivity index (χ2n) is 8.24. The van der Waals surface area contributed by atoms with Gasteiger partial charge in [-0.15, -0.1) is 0 Å². The number of aromatic nitrogens is 2. The number of nitrogens with one attached hydrogen (secondary N) is 2. The Kier molecular flexibility index (Phi) is 5.04. The van der Waals surface area contributed by atoms with E-state index in [1.54, 1.807) is 14.2 Å². The standard InChI is InChI=1S/C22H29N3O3/c1-12-20(17-8-7-16(27-3)11-19(17)28-4)24-25-21(12)22(26)23-13(2)18-10-14-5-6-15(18)9-14/h7-8,11,13-15,18H,5-6,9-10H2,1-4H3,(H,23,26)(H,24,25)/t13-,14-,15-,18+/m0/s1. The number of hydrogen-bond acceptors (Lipinski definition) is 4. The molecule has 2 aliphatic carbocycles. The van der Waals surface area contributed by atoms with Crippen LogP contribution < -0.4 is 14.8 Å². The van der Waals surface area contributed by atoms with Gasteiger partial charge in [-0.05, 0) is 63.0 Å². The van der Waals surface area contributed by atoms with E-state index >= 15 is 0 Å². The van der Waals surface area contributed by atoms with E-state index < -0.39 is 0 Å². The van der Waals surface area contributed by atoms with Gasteiger partial charge in [0.25, 0.3) is 5.91 Å².